The Morgan fingerprint density at radius 1 is 1.32 bits per heavy atom. The molecule has 0 fully saturated rings. The van der Waals surface area contributed by atoms with E-state index in [0.29, 0.717) is 5.56 Å². The van der Waals surface area contributed by atoms with Crippen molar-refractivity contribution in [2.75, 3.05) is 0 Å². The van der Waals surface area contributed by atoms with Gasteiger partial charge in [-0.3, -0.25) is 9.97 Å². The van der Waals surface area contributed by atoms with Gasteiger partial charge < -0.3 is 4.74 Å². The molecule has 2 rings (SSSR count). The average Bonchev–Trinajstić information content (AvgIpc) is 2.48. The smallest absolute Gasteiger partial charge is 0.339 e. The van der Waals surface area contributed by atoms with Crippen molar-refractivity contribution in [3.05, 3.63) is 59.7 Å². The van der Waals surface area contributed by atoms with Crippen LogP contribution in [-0.2, 0) is 11.2 Å². The van der Waals surface area contributed by atoms with Crippen molar-refractivity contribution < 1.29 is 9.53 Å². The SMILES string of the molecule is CCc1cnccc1C(=O)OC(C)c1ccccn1. The number of pyridine rings is 2. The van der Waals surface area contributed by atoms with Crippen molar-refractivity contribution in [2.24, 2.45) is 0 Å². The highest BCUT2D eigenvalue weighted by Crippen LogP contribution is 2.17. The highest BCUT2D eigenvalue weighted by molar-refractivity contribution is 5.91. The molecule has 98 valence electrons. The summed E-state index contributed by atoms with van der Waals surface area (Å²) in [5.74, 6) is -0.336. The summed E-state index contributed by atoms with van der Waals surface area (Å²) in [5, 5.41) is 0. The molecule has 0 saturated carbocycles. The summed E-state index contributed by atoms with van der Waals surface area (Å²) >= 11 is 0. The fraction of sp³-hybridized carbons (Fsp3) is 0.267. The van der Waals surface area contributed by atoms with Gasteiger partial charge in [0.25, 0.3) is 0 Å². The van der Waals surface area contributed by atoms with Crippen LogP contribution in [0.1, 0.15) is 41.6 Å². The van der Waals surface area contributed by atoms with Crippen LogP contribution >= 0.6 is 0 Å². The van der Waals surface area contributed by atoms with Crippen LogP contribution in [0.5, 0.6) is 0 Å². The Bertz CT molecular complexity index is 555. The summed E-state index contributed by atoms with van der Waals surface area (Å²) < 4.78 is 5.44. The van der Waals surface area contributed by atoms with Gasteiger partial charge in [-0.15, -0.1) is 0 Å². The van der Waals surface area contributed by atoms with Crippen LogP contribution in [0.2, 0.25) is 0 Å². The molecule has 4 nitrogen and oxygen atoms in total. The maximum Gasteiger partial charge on any atom is 0.339 e. The van der Waals surface area contributed by atoms with Crippen LogP contribution in [0.25, 0.3) is 0 Å². The number of aryl methyl sites for hydroxylation is 1. The number of carbonyl (C=O) groups excluding carboxylic acids is 1. The number of carbonyl (C=O) groups is 1. The van der Waals surface area contributed by atoms with Gasteiger partial charge in [0.15, 0.2) is 0 Å². The molecule has 4 heteroatoms. The zero-order valence-electron chi connectivity index (χ0n) is 11.0. The van der Waals surface area contributed by atoms with Crippen molar-refractivity contribution in [3.8, 4) is 0 Å². The lowest BCUT2D eigenvalue weighted by Gasteiger charge is -2.13. The van der Waals surface area contributed by atoms with Crippen molar-refractivity contribution in [1.29, 1.82) is 0 Å². The minimum Gasteiger partial charge on any atom is -0.453 e. The maximum atomic E-state index is 12.1. The highest BCUT2D eigenvalue weighted by atomic mass is 16.5. The summed E-state index contributed by atoms with van der Waals surface area (Å²) in [4.78, 5) is 20.3. The molecule has 0 amide bonds. The van der Waals surface area contributed by atoms with Gasteiger partial charge in [-0.2, -0.15) is 0 Å². The molecule has 0 spiro atoms. The van der Waals surface area contributed by atoms with Crippen molar-refractivity contribution in [3.63, 3.8) is 0 Å². The second-order valence-electron chi connectivity index (χ2n) is 4.19. The number of rotatable bonds is 4. The third kappa shape index (κ3) is 3.16. The fourth-order valence-corrected chi connectivity index (χ4v) is 1.81. The average molecular weight is 256 g/mol. The Morgan fingerprint density at radius 3 is 2.84 bits per heavy atom. The highest BCUT2D eigenvalue weighted by Gasteiger charge is 2.16. The standard InChI is InChI=1S/C15H16N2O2/c1-3-12-10-16-9-7-13(12)15(18)19-11(2)14-6-4-5-8-17-14/h4-11H,3H2,1-2H3. The van der Waals surface area contributed by atoms with Crippen molar-refractivity contribution in [2.45, 2.75) is 26.4 Å². The van der Waals surface area contributed by atoms with E-state index in [-0.39, 0.29) is 12.1 Å². The largest absolute Gasteiger partial charge is 0.453 e. The second kappa shape index (κ2) is 6.09. The first-order valence-electron chi connectivity index (χ1n) is 6.27. The molecule has 0 aromatic carbocycles. The van der Waals surface area contributed by atoms with Crippen LogP contribution in [-0.4, -0.2) is 15.9 Å². The Kier molecular flexibility index (Phi) is 4.23. The van der Waals surface area contributed by atoms with E-state index >= 15 is 0 Å². The van der Waals surface area contributed by atoms with Crippen LogP contribution in [0.4, 0.5) is 0 Å². The summed E-state index contributed by atoms with van der Waals surface area (Å²) in [5.41, 5.74) is 2.20. The molecule has 0 aliphatic rings. The molecule has 19 heavy (non-hydrogen) atoms. The van der Waals surface area contributed by atoms with Crippen LogP contribution in [0, 0.1) is 0 Å². The van der Waals surface area contributed by atoms with Gasteiger partial charge in [-0.1, -0.05) is 13.0 Å². The minimum absolute atomic E-state index is 0.336. The Morgan fingerprint density at radius 2 is 2.16 bits per heavy atom. The number of esters is 1. The molecule has 0 aliphatic heterocycles. The normalized spacial score (nSPS) is 11.9. The van der Waals surface area contributed by atoms with E-state index in [0.717, 1.165) is 17.7 Å². The number of hydrogen-bond acceptors (Lipinski definition) is 4. The molecular formula is C15H16N2O2. The monoisotopic (exact) mass is 256 g/mol. The lowest BCUT2D eigenvalue weighted by atomic mass is 10.1. The third-order valence-electron chi connectivity index (χ3n) is 2.89. The first-order valence-corrected chi connectivity index (χ1v) is 6.27. The number of aromatic nitrogens is 2. The van der Waals surface area contributed by atoms with Gasteiger partial charge in [0.1, 0.15) is 6.10 Å². The zero-order valence-corrected chi connectivity index (χ0v) is 11.0. The molecular weight excluding hydrogens is 240 g/mol. The quantitative estimate of drug-likeness (QED) is 0.789. The predicted octanol–water partition coefficient (Wildman–Crippen LogP) is 2.96. The van der Waals surface area contributed by atoms with Crippen LogP contribution < -0.4 is 0 Å². The molecule has 2 heterocycles. The van der Waals surface area contributed by atoms with E-state index in [4.69, 9.17) is 4.74 Å². The van der Waals surface area contributed by atoms with Crippen LogP contribution in [0.3, 0.4) is 0 Å². The molecule has 0 bridgehead atoms. The number of nitrogens with zero attached hydrogens (tertiary/aromatic N) is 2. The third-order valence-corrected chi connectivity index (χ3v) is 2.89. The molecule has 0 N–H and O–H groups in total. The van der Waals surface area contributed by atoms with Crippen LogP contribution in [0.15, 0.2) is 42.9 Å². The predicted molar refractivity (Wildman–Crippen MR) is 71.7 cm³/mol. The second-order valence-corrected chi connectivity index (χ2v) is 4.19. The number of hydrogen-bond donors (Lipinski definition) is 0. The Labute approximate surface area is 112 Å². The molecule has 2 aromatic heterocycles. The van der Waals surface area contributed by atoms with Gasteiger partial charge in [0.2, 0.25) is 0 Å². The summed E-state index contributed by atoms with van der Waals surface area (Å²) in [6, 6.07) is 7.23. The minimum atomic E-state index is -0.369. The van der Waals surface area contributed by atoms with Gasteiger partial charge in [0, 0.05) is 18.6 Å². The lowest BCUT2D eigenvalue weighted by Crippen LogP contribution is -2.12. The van der Waals surface area contributed by atoms with E-state index in [1.807, 2.05) is 32.0 Å². The molecule has 1 unspecified atom stereocenters. The van der Waals surface area contributed by atoms with E-state index in [9.17, 15) is 4.79 Å². The Balaban J connectivity index is 2.13. The molecule has 2 aromatic rings. The fourth-order valence-electron chi connectivity index (χ4n) is 1.81. The maximum absolute atomic E-state index is 12.1. The Hall–Kier alpha value is -2.23. The molecule has 0 radical (unpaired) electrons. The molecule has 1 atom stereocenters. The summed E-state index contributed by atoms with van der Waals surface area (Å²) in [6.07, 6.45) is 5.36. The van der Waals surface area contributed by atoms with Crippen molar-refractivity contribution in [1.82, 2.24) is 9.97 Å². The summed E-state index contributed by atoms with van der Waals surface area (Å²) in [7, 11) is 0. The van der Waals surface area contributed by atoms with E-state index in [2.05, 4.69) is 9.97 Å². The first kappa shape index (κ1) is 13.2. The van der Waals surface area contributed by atoms with Gasteiger partial charge >= 0.3 is 5.97 Å². The number of ether oxygens (including phenoxy) is 1. The lowest BCUT2D eigenvalue weighted by molar-refractivity contribution is 0.0328. The van der Waals surface area contributed by atoms with Crippen molar-refractivity contribution >= 4 is 5.97 Å². The molecule has 0 aliphatic carbocycles. The molecule has 0 saturated heterocycles. The van der Waals surface area contributed by atoms with E-state index in [1.165, 1.54) is 0 Å². The van der Waals surface area contributed by atoms with Gasteiger partial charge in [0.05, 0.1) is 11.3 Å². The van der Waals surface area contributed by atoms with Gasteiger partial charge in [-0.25, -0.2) is 4.79 Å². The van der Waals surface area contributed by atoms with Gasteiger partial charge in [-0.05, 0) is 37.1 Å². The van der Waals surface area contributed by atoms with E-state index in [1.54, 1.807) is 24.7 Å². The topological polar surface area (TPSA) is 52.1 Å². The summed E-state index contributed by atoms with van der Waals surface area (Å²) in [6.45, 7) is 3.79. The first-order chi connectivity index (χ1) is 9.22. The zero-order chi connectivity index (χ0) is 13.7. The van der Waals surface area contributed by atoms with E-state index < -0.39 is 0 Å².